The zero-order chi connectivity index (χ0) is 22.1. The number of halogens is 3. The van der Waals surface area contributed by atoms with Crippen molar-refractivity contribution in [3.8, 4) is 5.75 Å². The summed E-state index contributed by atoms with van der Waals surface area (Å²) in [6.07, 6.45) is 2.27. The summed E-state index contributed by atoms with van der Waals surface area (Å²) in [4.78, 5) is 18.4. The topological polar surface area (TPSA) is 91.1 Å². The molecule has 8 nitrogen and oxygen atoms in total. The van der Waals surface area contributed by atoms with Crippen molar-refractivity contribution in [3.63, 3.8) is 0 Å². The van der Waals surface area contributed by atoms with Crippen LogP contribution in [0.4, 0.5) is 14.5 Å². The molecule has 1 saturated heterocycles. The lowest BCUT2D eigenvalue weighted by Crippen LogP contribution is -2.45. The maximum absolute atomic E-state index is 12.7. The van der Waals surface area contributed by atoms with Crippen molar-refractivity contribution < 1.29 is 22.7 Å². The average Bonchev–Trinajstić information content (AvgIpc) is 3.43. The molecule has 0 radical (unpaired) electrons. The van der Waals surface area contributed by atoms with Crippen LogP contribution in [0.15, 0.2) is 52.1 Å². The van der Waals surface area contributed by atoms with Crippen LogP contribution in [0.5, 0.6) is 5.75 Å². The first kappa shape index (κ1) is 25.7. The van der Waals surface area contributed by atoms with Gasteiger partial charge in [0.2, 0.25) is 0 Å². The molecule has 1 aromatic heterocycles. The molecule has 0 bridgehead atoms. The lowest BCUT2D eigenvalue weighted by atomic mass is 10.2. The van der Waals surface area contributed by atoms with Crippen LogP contribution >= 0.6 is 24.0 Å². The average molecular weight is 563 g/mol. The number of nitrogens with one attached hydrogen (secondary N) is 3. The van der Waals surface area contributed by atoms with E-state index in [4.69, 9.17) is 4.42 Å². The van der Waals surface area contributed by atoms with E-state index in [9.17, 15) is 13.6 Å². The summed E-state index contributed by atoms with van der Waals surface area (Å²) >= 11 is 0. The highest BCUT2D eigenvalue weighted by Crippen LogP contribution is 2.31. The second-order valence-corrected chi connectivity index (χ2v) is 6.92. The van der Waals surface area contributed by atoms with E-state index in [1.165, 1.54) is 6.26 Å². The van der Waals surface area contributed by atoms with Crippen LogP contribution in [0.2, 0.25) is 0 Å². The summed E-state index contributed by atoms with van der Waals surface area (Å²) in [5.74, 6) is 0.787. The molecule has 176 valence electrons. The molecule has 3 rings (SSSR count). The number of hydrogen-bond donors (Lipinski definition) is 3. The van der Waals surface area contributed by atoms with Gasteiger partial charge in [0.15, 0.2) is 11.7 Å². The van der Waals surface area contributed by atoms with Gasteiger partial charge in [0.05, 0.1) is 18.5 Å². The van der Waals surface area contributed by atoms with E-state index >= 15 is 0 Å². The summed E-state index contributed by atoms with van der Waals surface area (Å²) in [6.45, 7) is 1.89. The Bertz CT molecular complexity index is 867. The Balaban J connectivity index is 0.00000363. The van der Waals surface area contributed by atoms with Crippen molar-refractivity contribution in [2.45, 2.75) is 26.0 Å². The van der Waals surface area contributed by atoms with Gasteiger partial charge in [-0.25, -0.2) is 0 Å². The number of benzene rings is 1. The van der Waals surface area contributed by atoms with Crippen LogP contribution in [0.25, 0.3) is 0 Å². The zero-order valence-corrected chi connectivity index (χ0v) is 20.1. The molecule has 0 saturated carbocycles. The molecule has 32 heavy (non-hydrogen) atoms. The van der Waals surface area contributed by atoms with Gasteiger partial charge in [-0.15, -0.1) is 24.0 Å². The molecule has 2 heterocycles. The number of guanidine groups is 1. The molecule has 1 unspecified atom stereocenters. The molecule has 3 N–H and O–H groups in total. The number of hydrogen-bond acceptors (Lipinski definition) is 5. The van der Waals surface area contributed by atoms with Crippen LogP contribution < -0.4 is 25.6 Å². The number of nitrogens with zero attached hydrogens (tertiary/aromatic N) is 2. The molecule has 0 aliphatic carbocycles. The third-order valence-corrected chi connectivity index (χ3v) is 4.71. The molecular weight excluding hydrogens is 535 g/mol. The third kappa shape index (κ3) is 7.53. The molecule has 1 aliphatic heterocycles. The number of anilines is 1. The Hall–Kier alpha value is -2.57. The smallest absolute Gasteiger partial charge is 0.387 e. The van der Waals surface area contributed by atoms with E-state index in [1.54, 1.807) is 36.4 Å². The normalized spacial score (nSPS) is 15.9. The highest BCUT2D eigenvalue weighted by molar-refractivity contribution is 14.0. The standard InChI is InChI=1S/C21H27F2N5O3.HI/c1-2-24-21(26-11-10-25-19(29)18-8-5-13-30-18)27-15-9-12-28(14-15)16-6-3-4-7-17(16)31-20(22)23;/h3-8,13,15,20H,2,9-12,14H2,1H3,(H,25,29)(H2,24,26,27);1H. The van der Waals surface area contributed by atoms with Gasteiger partial charge in [-0.2, -0.15) is 8.78 Å². The van der Waals surface area contributed by atoms with Crippen molar-refractivity contribution in [2.75, 3.05) is 37.6 Å². The molecule has 1 fully saturated rings. The van der Waals surface area contributed by atoms with E-state index in [2.05, 4.69) is 25.7 Å². The fourth-order valence-corrected chi connectivity index (χ4v) is 3.36. The molecule has 2 aromatic rings. The molecule has 1 aromatic carbocycles. The van der Waals surface area contributed by atoms with Crippen LogP contribution in [-0.2, 0) is 0 Å². The summed E-state index contributed by atoms with van der Waals surface area (Å²) in [5.41, 5.74) is 0.648. The van der Waals surface area contributed by atoms with Gasteiger partial charge in [0.25, 0.3) is 5.91 Å². The maximum Gasteiger partial charge on any atom is 0.387 e. The van der Waals surface area contributed by atoms with Gasteiger partial charge in [-0.3, -0.25) is 9.79 Å². The molecule has 11 heteroatoms. The monoisotopic (exact) mass is 563 g/mol. The molecular formula is C21H28F2IN5O3. The molecule has 1 aliphatic rings. The molecule has 1 amide bonds. The lowest BCUT2D eigenvalue weighted by molar-refractivity contribution is -0.0495. The summed E-state index contributed by atoms with van der Waals surface area (Å²) < 4.78 is 35.1. The number of amides is 1. The number of rotatable bonds is 9. The SMILES string of the molecule is CCNC(=NCCNC(=O)c1ccco1)NC1CCN(c2ccccc2OC(F)F)C1.I. The van der Waals surface area contributed by atoms with Gasteiger partial charge < -0.3 is 30.0 Å². The van der Waals surface area contributed by atoms with Crippen molar-refractivity contribution >= 4 is 41.5 Å². The predicted molar refractivity (Wildman–Crippen MR) is 129 cm³/mol. The fraction of sp³-hybridized carbons (Fsp3) is 0.429. The Morgan fingerprint density at radius 2 is 2.09 bits per heavy atom. The minimum Gasteiger partial charge on any atom is -0.459 e. The van der Waals surface area contributed by atoms with E-state index in [-0.39, 0.29) is 47.4 Å². The molecule has 1 atom stereocenters. The van der Waals surface area contributed by atoms with Crippen molar-refractivity contribution in [3.05, 3.63) is 48.4 Å². The first-order valence-corrected chi connectivity index (χ1v) is 10.2. The van der Waals surface area contributed by atoms with E-state index in [1.807, 2.05) is 11.8 Å². The summed E-state index contributed by atoms with van der Waals surface area (Å²) in [6, 6.07) is 10.1. The Kier molecular flexibility index (Phi) is 10.5. The van der Waals surface area contributed by atoms with Crippen LogP contribution in [0.3, 0.4) is 0 Å². The van der Waals surface area contributed by atoms with Crippen molar-refractivity contribution in [1.82, 2.24) is 16.0 Å². The Morgan fingerprint density at radius 1 is 1.28 bits per heavy atom. The lowest BCUT2D eigenvalue weighted by Gasteiger charge is -2.22. The quantitative estimate of drug-likeness (QED) is 0.188. The first-order valence-electron chi connectivity index (χ1n) is 10.2. The number of alkyl halides is 2. The summed E-state index contributed by atoms with van der Waals surface area (Å²) in [7, 11) is 0. The number of carbonyl (C=O) groups is 1. The fourth-order valence-electron chi connectivity index (χ4n) is 3.36. The second-order valence-electron chi connectivity index (χ2n) is 6.92. The minimum atomic E-state index is -2.86. The van der Waals surface area contributed by atoms with Gasteiger partial charge in [0.1, 0.15) is 5.75 Å². The van der Waals surface area contributed by atoms with Gasteiger partial charge in [0, 0.05) is 32.2 Å². The van der Waals surface area contributed by atoms with E-state index < -0.39 is 6.61 Å². The summed E-state index contributed by atoms with van der Waals surface area (Å²) in [5, 5.41) is 9.30. The third-order valence-electron chi connectivity index (χ3n) is 4.71. The first-order chi connectivity index (χ1) is 15.1. The maximum atomic E-state index is 12.7. The second kappa shape index (κ2) is 13.1. The van der Waals surface area contributed by atoms with Crippen LogP contribution in [0, 0.1) is 0 Å². The Labute approximate surface area is 202 Å². The van der Waals surface area contributed by atoms with Crippen LogP contribution in [0.1, 0.15) is 23.9 Å². The number of furan rings is 1. The van der Waals surface area contributed by atoms with Crippen molar-refractivity contribution in [1.29, 1.82) is 0 Å². The zero-order valence-electron chi connectivity index (χ0n) is 17.7. The predicted octanol–water partition coefficient (Wildman–Crippen LogP) is 3.06. The highest BCUT2D eigenvalue weighted by atomic mass is 127. The van der Waals surface area contributed by atoms with Gasteiger partial charge in [-0.1, -0.05) is 12.1 Å². The number of aliphatic imine (C=N–C) groups is 1. The number of ether oxygens (including phenoxy) is 1. The Morgan fingerprint density at radius 3 is 2.81 bits per heavy atom. The van der Waals surface area contributed by atoms with E-state index in [0.29, 0.717) is 44.4 Å². The number of carbonyl (C=O) groups excluding carboxylic acids is 1. The van der Waals surface area contributed by atoms with Gasteiger partial charge >= 0.3 is 6.61 Å². The molecule has 0 spiro atoms. The largest absolute Gasteiger partial charge is 0.459 e. The van der Waals surface area contributed by atoms with Crippen molar-refractivity contribution in [2.24, 2.45) is 4.99 Å². The van der Waals surface area contributed by atoms with Gasteiger partial charge in [-0.05, 0) is 37.6 Å². The highest BCUT2D eigenvalue weighted by Gasteiger charge is 2.26. The van der Waals surface area contributed by atoms with E-state index in [0.717, 1.165) is 6.42 Å². The number of para-hydroxylation sites is 2. The van der Waals surface area contributed by atoms with Crippen LogP contribution in [-0.4, -0.2) is 57.2 Å². The minimum absolute atomic E-state index is 0.